The van der Waals surface area contributed by atoms with Crippen molar-refractivity contribution in [2.24, 2.45) is 0 Å². The Morgan fingerprint density at radius 3 is 2.53 bits per heavy atom. The van der Waals surface area contributed by atoms with Gasteiger partial charge >= 0.3 is 16.1 Å². The molecule has 3 rings (SSSR count). The molecule has 1 saturated heterocycles. The topological polar surface area (TPSA) is 94.2 Å². The molecule has 1 aliphatic rings. The standard InChI is InChI=1S/C23H30N2O6S/c1-17(2)24-23(26)25(16-20-8-6-14-30-20)15-18-7-4-5-9-22(18)31-32(27,28)21-12-10-19(29-3)11-13-21/h4-5,7,9-13,17,20H,6,8,14-16H2,1-3H3,(H,24,26). The Kier molecular flexibility index (Phi) is 7.98. The van der Waals surface area contributed by atoms with E-state index in [1.54, 1.807) is 41.3 Å². The Morgan fingerprint density at radius 1 is 1.19 bits per heavy atom. The fraction of sp³-hybridized carbons (Fsp3) is 0.435. The van der Waals surface area contributed by atoms with Gasteiger partial charge in [-0.25, -0.2) is 4.79 Å². The number of nitrogens with zero attached hydrogens (tertiary/aromatic N) is 1. The molecule has 1 heterocycles. The van der Waals surface area contributed by atoms with Crippen molar-refractivity contribution in [3.05, 3.63) is 54.1 Å². The van der Waals surface area contributed by atoms with Gasteiger partial charge in [-0.2, -0.15) is 8.42 Å². The summed E-state index contributed by atoms with van der Waals surface area (Å²) < 4.78 is 41.9. The average molecular weight is 463 g/mol. The summed E-state index contributed by atoms with van der Waals surface area (Å²) in [6.07, 6.45) is 1.81. The quantitative estimate of drug-likeness (QED) is 0.573. The molecule has 2 amide bonds. The van der Waals surface area contributed by atoms with E-state index in [9.17, 15) is 13.2 Å². The molecule has 1 aliphatic heterocycles. The Balaban J connectivity index is 1.81. The smallest absolute Gasteiger partial charge is 0.339 e. The third-order valence-electron chi connectivity index (χ3n) is 5.03. The highest BCUT2D eigenvalue weighted by molar-refractivity contribution is 7.87. The normalized spacial score (nSPS) is 16.1. The van der Waals surface area contributed by atoms with Gasteiger partial charge in [-0.15, -0.1) is 0 Å². The first-order valence-electron chi connectivity index (χ1n) is 10.6. The SMILES string of the molecule is COc1ccc(S(=O)(=O)Oc2ccccc2CN(CC2CCCO2)C(=O)NC(C)C)cc1. The van der Waals surface area contributed by atoms with Crippen LogP contribution < -0.4 is 14.2 Å². The monoisotopic (exact) mass is 462 g/mol. The minimum absolute atomic E-state index is 0.0156. The first kappa shape index (κ1) is 23.9. The lowest BCUT2D eigenvalue weighted by Crippen LogP contribution is -2.45. The zero-order valence-corrected chi connectivity index (χ0v) is 19.4. The second-order valence-corrected chi connectivity index (χ2v) is 9.49. The van der Waals surface area contributed by atoms with E-state index in [-0.39, 0.29) is 35.4 Å². The number of ether oxygens (including phenoxy) is 2. The van der Waals surface area contributed by atoms with Gasteiger partial charge in [0.25, 0.3) is 0 Å². The molecule has 8 nitrogen and oxygen atoms in total. The fourth-order valence-corrected chi connectivity index (χ4v) is 4.39. The average Bonchev–Trinajstić information content (AvgIpc) is 3.27. The zero-order chi connectivity index (χ0) is 23.1. The fourth-order valence-electron chi connectivity index (χ4n) is 3.42. The van der Waals surface area contributed by atoms with Gasteiger partial charge in [-0.3, -0.25) is 0 Å². The van der Waals surface area contributed by atoms with Crippen molar-refractivity contribution in [1.82, 2.24) is 10.2 Å². The molecule has 2 aromatic rings. The first-order valence-corrected chi connectivity index (χ1v) is 12.0. The maximum Gasteiger partial charge on any atom is 0.339 e. The molecule has 1 atom stereocenters. The van der Waals surface area contributed by atoms with Gasteiger partial charge in [0, 0.05) is 24.8 Å². The van der Waals surface area contributed by atoms with Crippen molar-refractivity contribution < 1.29 is 26.9 Å². The van der Waals surface area contributed by atoms with Crippen LogP contribution in [0.5, 0.6) is 11.5 Å². The molecule has 0 aliphatic carbocycles. The van der Waals surface area contributed by atoms with Crippen LogP contribution in [-0.4, -0.2) is 51.8 Å². The van der Waals surface area contributed by atoms with E-state index < -0.39 is 10.1 Å². The molecule has 0 bridgehead atoms. The first-order chi connectivity index (χ1) is 15.3. The van der Waals surface area contributed by atoms with Crippen LogP contribution in [0.15, 0.2) is 53.4 Å². The van der Waals surface area contributed by atoms with E-state index in [4.69, 9.17) is 13.7 Å². The molecule has 1 N–H and O–H groups in total. The minimum atomic E-state index is -4.06. The maximum atomic E-state index is 12.8. The van der Waals surface area contributed by atoms with E-state index in [1.165, 1.54) is 19.2 Å². The molecular weight excluding hydrogens is 432 g/mol. The van der Waals surface area contributed by atoms with Crippen molar-refractivity contribution in [2.75, 3.05) is 20.3 Å². The zero-order valence-electron chi connectivity index (χ0n) is 18.6. The van der Waals surface area contributed by atoms with Crippen LogP contribution in [0.4, 0.5) is 4.79 Å². The Morgan fingerprint density at radius 2 is 1.91 bits per heavy atom. The van der Waals surface area contributed by atoms with Crippen molar-refractivity contribution in [2.45, 2.75) is 50.3 Å². The lowest BCUT2D eigenvalue weighted by Gasteiger charge is -2.27. The summed E-state index contributed by atoms with van der Waals surface area (Å²) in [4.78, 5) is 14.5. The van der Waals surface area contributed by atoms with E-state index in [0.29, 0.717) is 24.5 Å². The number of para-hydroxylation sites is 1. The molecule has 32 heavy (non-hydrogen) atoms. The second kappa shape index (κ2) is 10.7. The number of carbonyl (C=O) groups is 1. The van der Waals surface area contributed by atoms with Crippen molar-refractivity contribution >= 4 is 16.1 Å². The van der Waals surface area contributed by atoms with Crippen LogP contribution in [0.2, 0.25) is 0 Å². The molecule has 0 aromatic heterocycles. The number of hydrogen-bond acceptors (Lipinski definition) is 6. The van der Waals surface area contributed by atoms with Gasteiger partial charge in [-0.05, 0) is 57.0 Å². The Labute approximate surface area is 189 Å². The summed E-state index contributed by atoms with van der Waals surface area (Å²) >= 11 is 0. The molecule has 0 spiro atoms. The van der Waals surface area contributed by atoms with Gasteiger partial charge in [0.15, 0.2) is 0 Å². The molecule has 0 saturated carbocycles. The van der Waals surface area contributed by atoms with Gasteiger partial charge < -0.3 is 23.9 Å². The van der Waals surface area contributed by atoms with Crippen LogP contribution >= 0.6 is 0 Å². The predicted octanol–water partition coefficient (Wildman–Crippen LogP) is 3.56. The number of benzene rings is 2. The third kappa shape index (κ3) is 6.37. The predicted molar refractivity (Wildman–Crippen MR) is 120 cm³/mol. The van der Waals surface area contributed by atoms with Crippen molar-refractivity contribution in [3.63, 3.8) is 0 Å². The number of rotatable bonds is 9. The van der Waals surface area contributed by atoms with Crippen molar-refractivity contribution in [1.29, 1.82) is 0 Å². The second-order valence-electron chi connectivity index (χ2n) is 7.94. The highest BCUT2D eigenvalue weighted by Gasteiger charge is 2.25. The number of hydrogen-bond donors (Lipinski definition) is 1. The van der Waals surface area contributed by atoms with Crippen LogP contribution in [0.1, 0.15) is 32.3 Å². The van der Waals surface area contributed by atoms with E-state index >= 15 is 0 Å². The Bertz CT molecular complexity index is 1000. The number of carbonyl (C=O) groups excluding carboxylic acids is 1. The van der Waals surface area contributed by atoms with Gasteiger partial charge in [0.05, 0.1) is 19.8 Å². The molecule has 2 aromatic carbocycles. The Hall–Kier alpha value is -2.78. The number of methoxy groups -OCH3 is 1. The molecule has 9 heteroatoms. The minimum Gasteiger partial charge on any atom is -0.497 e. The van der Waals surface area contributed by atoms with Gasteiger partial charge in [0.2, 0.25) is 0 Å². The largest absolute Gasteiger partial charge is 0.497 e. The molecule has 174 valence electrons. The summed E-state index contributed by atoms with van der Waals surface area (Å²) in [6, 6.07) is 12.5. The highest BCUT2D eigenvalue weighted by atomic mass is 32.2. The van der Waals surface area contributed by atoms with E-state index in [2.05, 4.69) is 5.32 Å². The number of amides is 2. The van der Waals surface area contributed by atoms with Crippen molar-refractivity contribution in [3.8, 4) is 11.5 Å². The van der Waals surface area contributed by atoms with E-state index in [1.807, 2.05) is 13.8 Å². The summed E-state index contributed by atoms with van der Waals surface area (Å²) in [7, 11) is -2.55. The van der Waals surface area contributed by atoms with Crippen LogP contribution in [0.3, 0.4) is 0 Å². The highest BCUT2D eigenvalue weighted by Crippen LogP contribution is 2.26. The lowest BCUT2D eigenvalue weighted by atomic mass is 10.1. The summed E-state index contributed by atoms with van der Waals surface area (Å²) in [5.41, 5.74) is 0.585. The van der Waals surface area contributed by atoms with Crippen LogP contribution in [0.25, 0.3) is 0 Å². The molecule has 0 radical (unpaired) electrons. The number of nitrogens with one attached hydrogen (secondary N) is 1. The molecular formula is C23H30N2O6S. The summed E-state index contributed by atoms with van der Waals surface area (Å²) in [5, 5.41) is 2.90. The summed E-state index contributed by atoms with van der Waals surface area (Å²) in [5.74, 6) is 0.725. The van der Waals surface area contributed by atoms with E-state index in [0.717, 1.165) is 12.8 Å². The third-order valence-corrected chi connectivity index (χ3v) is 6.28. The van der Waals surface area contributed by atoms with Crippen LogP contribution in [-0.2, 0) is 21.4 Å². The molecule has 1 fully saturated rings. The summed E-state index contributed by atoms with van der Waals surface area (Å²) in [6.45, 7) is 5.07. The van der Waals surface area contributed by atoms with Gasteiger partial charge in [-0.1, -0.05) is 18.2 Å². The van der Waals surface area contributed by atoms with Gasteiger partial charge in [0.1, 0.15) is 16.4 Å². The maximum absolute atomic E-state index is 12.8. The lowest BCUT2D eigenvalue weighted by molar-refractivity contribution is 0.0790. The number of urea groups is 1. The molecule has 1 unspecified atom stereocenters. The van der Waals surface area contributed by atoms with Crippen LogP contribution in [0, 0.1) is 0 Å².